The van der Waals surface area contributed by atoms with Gasteiger partial charge >= 0.3 is 6.01 Å². The van der Waals surface area contributed by atoms with Gasteiger partial charge in [-0.15, -0.1) is 5.10 Å². The van der Waals surface area contributed by atoms with E-state index in [9.17, 15) is 0 Å². The second-order valence-electron chi connectivity index (χ2n) is 5.30. The van der Waals surface area contributed by atoms with Crippen molar-refractivity contribution >= 4 is 0 Å². The molecule has 2 aromatic carbocycles. The lowest BCUT2D eigenvalue weighted by Crippen LogP contribution is -2.19. The topological polar surface area (TPSA) is 66.0 Å². The van der Waals surface area contributed by atoms with Crippen molar-refractivity contribution in [3.63, 3.8) is 0 Å². The summed E-state index contributed by atoms with van der Waals surface area (Å²) in [5, 5.41) is 8.40. The zero-order valence-electron chi connectivity index (χ0n) is 13.1. The Labute approximate surface area is 135 Å². The SMILES string of the molecule is CCn1c(Oc2ccccc2)nnc1[C@H](N)Cc1ccccc1. The van der Waals surface area contributed by atoms with Crippen LogP contribution in [0.25, 0.3) is 0 Å². The van der Waals surface area contributed by atoms with E-state index in [2.05, 4.69) is 22.3 Å². The Morgan fingerprint density at radius 2 is 1.65 bits per heavy atom. The number of nitrogens with zero attached hydrogens (tertiary/aromatic N) is 3. The monoisotopic (exact) mass is 308 g/mol. The number of ether oxygens (including phenoxy) is 1. The molecule has 23 heavy (non-hydrogen) atoms. The van der Waals surface area contributed by atoms with E-state index < -0.39 is 0 Å². The van der Waals surface area contributed by atoms with Crippen molar-refractivity contribution in [2.75, 3.05) is 0 Å². The standard InChI is InChI=1S/C18H20N4O/c1-2-22-17(16(19)13-14-9-5-3-6-10-14)20-21-18(22)23-15-11-7-4-8-12-15/h3-12,16H,2,13,19H2,1H3/t16-/m1/s1. The fourth-order valence-electron chi connectivity index (χ4n) is 2.50. The Bertz CT molecular complexity index is 740. The second kappa shape index (κ2) is 7.07. The Kier molecular flexibility index (Phi) is 4.68. The van der Waals surface area contributed by atoms with Gasteiger partial charge in [0.15, 0.2) is 5.82 Å². The summed E-state index contributed by atoms with van der Waals surface area (Å²) >= 11 is 0. The molecule has 5 heteroatoms. The van der Waals surface area contributed by atoms with Crippen molar-refractivity contribution < 1.29 is 4.74 Å². The number of aromatic nitrogens is 3. The fraction of sp³-hybridized carbons (Fsp3) is 0.222. The van der Waals surface area contributed by atoms with E-state index in [-0.39, 0.29) is 6.04 Å². The van der Waals surface area contributed by atoms with Gasteiger partial charge in [-0.2, -0.15) is 0 Å². The van der Waals surface area contributed by atoms with Crippen LogP contribution in [-0.2, 0) is 13.0 Å². The molecule has 0 fully saturated rings. The molecule has 0 radical (unpaired) electrons. The first-order valence-electron chi connectivity index (χ1n) is 7.73. The summed E-state index contributed by atoms with van der Waals surface area (Å²) < 4.78 is 7.73. The predicted octanol–water partition coefficient (Wildman–Crippen LogP) is 3.33. The zero-order chi connectivity index (χ0) is 16.1. The van der Waals surface area contributed by atoms with Gasteiger partial charge in [0.2, 0.25) is 0 Å². The van der Waals surface area contributed by atoms with Crippen LogP contribution in [0.15, 0.2) is 60.7 Å². The summed E-state index contributed by atoms with van der Waals surface area (Å²) in [6.45, 7) is 2.73. The minimum absolute atomic E-state index is 0.224. The van der Waals surface area contributed by atoms with Gasteiger partial charge in [-0.3, -0.25) is 4.57 Å². The van der Waals surface area contributed by atoms with Gasteiger partial charge in [0.05, 0.1) is 6.04 Å². The molecule has 0 amide bonds. The molecule has 0 unspecified atom stereocenters. The summed E-state index contributed by atoms with van der Waals surface area (Å²) in [6, 6.07) is 19.9. The molecule has 0 spiro atoms. The first kappa shape index (κ1) is 15.2. The Balaban J connectivity index is 1.80. The van der Waals surface area contributed by atoms with Crippen molar-refractivity contribution in [3.8, 4) is 11.8 Å². The average molecular weight is 308 g/mol. The quantitative estimate of drug-likeness (QED) is 0.758. The molecule has 118 valence electrons. The van der Waals surface area contributed by atoms with Gasteiger partial charge in [0.1, 0.15) is 5.75 Å². The van der Waals surface area contributed by atoms with Gasteiger partial charge < -0.3 is 10.5 Å². The van der Waals surface area contributed by atoms with E-state index in [4.69, 9.17) is 10.5 Å². The number of nitrogens with two attached hydrogens (primary N) is 1. The largest absolute Gasteiger partial charge is 0.424 e. The summed E-state index contributed by atoms with van der Waals surface area (Å²) in [7, 11) is 0. The molecule has 3 rings (SSSR count). The Morgan fingerprint density at radius 3 is 2.30 bits per heavy atom. The van der Waals surface area contributed by atoms with Crippen LogP contribution in [0.5, 0.6) is 11.8 Å². The van der Waals surface area contributed by atoms with Crippen LogP contribution in [0.3, 0.4) is 0 Å². The molecule has 1 aromatic heterocycles. The van der Waals surface area contributed by atoms with Gasteiger partial charge in [0.25, 0.3) is 0 Å². The maximum absolute atomic E-state index is 6.33. The zero-order valence-corrected chi connectivity index (χ0v) is 13.1. The summed E-state index contributed by atoms with van der Waals surface area (Å²) in [5.74, 6) is 1.47. The number of hydrogen-bond acceptors (Lipinski definition) is 4. The first-order chi connectivity index (χ1) is 11.3. The average Bonchev–Trinajstić information content (AvgIpc) is 2.99. The molecule has 0 aliphatic carbocycles. The third-order valence-electron chi connectivity index (χ3n) is 3.64. The van der Waals surface area contributed by atoms with Crippen LogP contribution in [-0.4, -0.2) is 14.8 Å². The highest BCUT2D eigenvalue weighted by atomic mass is 16.5. The number of para-hydroxylation sites is 1. The summed E-state index contributed by atoms with van der Waals surface area (Å²) in [5.41, 5.74) is 7.51. The van der Waals surface area contributed by atoms with Gasteiger partial charge in [0, 0.05) is 6.54 Å². The van der Waals surface area contributed by atoms with E-state index in [1.807, 2.05) is 60.0 Å². The molecule has 3 aromatic rings. The number of hydrogen-bond donors (Lipinski definition) is 1. The third-order valence-corrected chi connectivity index (χ3v) is 3.64. The molecule has 1 heterocycles. The van der Waals surface area contributed by atoms with Gasteiger partial charge in [-0.25, -0.2) is 0 Å². The van der Waals surface area contributed by atoms with E-state index in [0.29, 0.717) is 19.0 Å². The highest BCUT2D eigenvalue weighted by molar-refractivity contribution is 5.25. The molecule has 1 atom stereocenters. The van der Waals surface area contributed by atoms with Crippen LogP contribution in [0, 0.1) is 0 Å². The van der Waals surface area contributed by atoms with Gasteiger partial charge in [-0.05, 0) is 31.0 Å². The molecule has 0 bridgehead atoms. The molecule has 0 aliphatic heterocycles. The first-order valence-corrected chi connectivity index (χ1v) is 7.73. The van der Waals surface area contributed by atoms with E-state index in [1.54, 1.807) is 0 Å². The highest BCUT2D eigenvalue weighted by Gasteiger charge is 2.19. The maximum atomic E-state index is 6.33. The van der Waals surface area contributed by atoms with Crippen molar-refractivity contribution in [1.29, 1.82) is 0 Å². The Hall–Kier alpha value is -2.66. The van der Waals surface area contributed by atoms with Gasteiger partial charge in [-0.1, -0.05) is 53.6 Å². The van der Waals surface area contributed by atoms with Crippen LogP contribution in [0.4, 0.5) is 0 Å². The summed E-state index contributed by atoms with van der Waals surface area (Å²) in [4.78, 5) is 0. The second-order valence-corrected chi connectivity index (χ2v) is 5.30. The van der Waals surface area contributed by atoms with Crippen molar-refractivity contribution in [2.45, 2.75) is 25.9 Å². The van der Waals surface area contributed by atoms with Crippen LogP contribution < -0.4 is 10.5 Å². The van der Waals surface area contributed by atoms with Crippen LogP contribution in [0.1, 0.15) is 24.4 Å². The highest BCUT2D eigenvalue weighted by Crippen LogP contribution is 2.23. The molecular weight excluding hydrogens is 288 g/mol. The number of rotatable bonds is 6. The smallest absolute Gasteiger partial charge is 0.322 e. The number of benzene rings is 2. The van der Waals surface area contributed by atoms with E-state index in [1.165, 1.54) is 5.56 Å². The van der Waals surface area contributed by atoms with Crippen molar-refractivity contribution in [2.24, 2.45) is 5.73 Å². The molecule has 5 nitrogen and oxygen atoms in total. The van der Waals surface area contributed by atoms with E-state index >= 15 is 0 Å². The lowest BCUT2D eigenvalue weighted by Gasteiger charge is -2.13. The minimum Gasteiger partial charge on any atom is -0.424 e. The van der Waals surface area contributed by atoms with E-state index in [0.717, 1.165) is 11.6 Å². The summed E-state index contributed by atoms with van der Waals surface area (Å²) in [6.07, 6.45) is 0.713. The molecule has 2 N–H and O–H groups in total. The molecule has 0 saturated heterocycles. The van der Waals surface area contributed by atoms with Crippen LogP contribution >= 0.6 is 0 Å². The fourth-order valence-corrected chi connectivity index (χ4v) is 2.50. The van der Waals surface area contributed by atoms with Crippen molar-refractivity contribution in [3.05, 3.63) is 72.1 Å². The predicted molar refractivity (Wildman–Crippen MR) is 89.3 cm³/mol. The van der Waals surface area contributed by atoms with Crippen LogP contribution in [0.2, 0.25) is 0 Å². The normalized spacial score (nSPS) is 12.1. The van der Waals surface area contributed by atoms with Crippen molar-refractivity contribution in [1.82, 2.24) is 14.8 Å². The Morgan fingerprint density at radius 1 is 1.00 bits per heavy atom. The lowest BCUT2D eigenvalue weighted by molar-refractivity contribution is 0.408. The minimum atomic E-state index is -0.224. The molecular formula is C18H20N4O. The maximum Gasteiger partial charge on any atom is 0.322 e. The molecule has 0 saturated carbocycles. The third kappa shape index (κ3) is 3.57. The molecule has 0 aliphatic rings. The lowest BCUT2D eigenvalue weighted by atomic mass is 10.1.